The van der Waals surface area contributed by atoms with E-state index >= 15 is 0 Å². The summed E-state index contributed by atoms with van der Waals surface area (Å²) in [5.41, 5.74) is 9.98. The summed E-state index contributed by atoms with van der Waals surface area (Å²) in [6.45, 7) is 0. The van der Waals surface area contributed by atoms with Crippen molar-refractivity contribution >= 4 is 70.7 Å². The largest absolute Gasteiger partial charge is 0.309 e. The van der Waals surface area contributed by atoms with Crippen LogP contribution in [0.1, 0.15) is 0 Å². The average molecular weight is 533 g/mol. The van der Waals surface area contributed by atoms with E-state index in [4.69, 9.17) is 0 Å². The second-order valence-corrected chi connectivity index (χ2v) is 11.3. The van der Waals surface area contributed by atoms with E-state index in [1.165, 1.54) is 87.5 Å². The molecule has 10 aromatic rings. The first kappa shape index (κ1) is 22.1. The van der Waals surface area contributed by atoms with Crippen LogP contribution in [-0.4, -0.2) is 8.97 Å². The number of benzene rings is 7. The number of fused-ring (bicyclic) bond motifs is 12. The average Bonchev–Trinajstić information content (AvgIpc) is 3.70. The highest BCUT2D eigenvalue weighted by Crippen LogP contribution is 2.44. The summed E-state index contributed by atoms with van der Waals surface area (Å²) in [4.78, 5) is 0. The standard InChI is InChI=1S/C40H24N2/c1-2-9-25(10-3-1)26-17-19-27(20-18-26)41-36-16-7-5-12-34(36)38-29-21-22-33-31-14-8-13-30-28-11-4-6-15-35(28)42(39(30)31)40(33)32(29)23-24-37(38)41/h1-24H. The molecule has 0 saturated heterocycles. The Morgan fingerprint density at radius 2 is 0.857 bits per heavy atom. The van der Waals surface area contributed by atoms with Crippen molar-refractivity contribution in [2.24, 2.45) is 0 Å². The van der Waals surface area contributed by atoms with E-state index in [1.54, 1.807) is 0 Å². The number of rotatable bonds is 2. The maximum Gasteiger partial charge on any atom is 0.0620 e. The van der Waals surface area contributed by atoms with E-state index in [0.717, 1.165) is 0 Å². The Morgan fingerprint density at radius 3 is 1.67 bits per heavy atom. The van der Waals surface area contributed by atoms with E-state index in [1.807, 2.05) is 0 Å². The summed E-state index contributed by atoms with van der Waals surface area (Å²) in [5, 5.41) is 10.4. The Labute approximate surface area is 241 Å². The second kappa shape index (κ2) is 7.99. The van der Waals surface area contributed by atoms with E-state index < -0.39 is 0 Å². The fourth-order valence-corrected chi connectivity index (χ4v) is 7.50. The third-order valence-electron chi connectivity index (χ3n) is 9.25. The minimum Gasteiger partial charge on any atom is -0.309 e. The van der Waals surface area contributed by atoms with Crippen molar-refractivity contribution in [2.75, 3.05) is 0 Å². The van der Waals surface area contributed by atoms with Gasteiger partial charge in [-0.3, -0.25) is 0 Å². The Hall–Kier alpha value is -5.60. The van der Waals surface area contributed by atoms with Crippen LogP contribution in [0.2, 0.25) is 0 Å². The van der Waals surface area contributed by atoms with Gasteiger partial charge < -0.3 is 8.97 Å². The maximum absolute atomic E-state index is 2.50. The van der Waals surface area contributed by atoms with Gasteiger partial charge in [0.1, 0.15) is 0 Å². The molecular formula is C40H24N2. The van der Waals surface area contributed by atoms with Gasteiger partial charge in [-0.2, -0.15) is 0 Å². The van der Waals surface area contributed by atoms with Crippen molar-refractivity contribution in [3.63, 3.8) is 0 Å². The zero-order valence-corrected chi connectivity index (χ0v) is 22.8. The predicted molar refractivity (Wildman–Crippen MR) is 178 cm³/mol. The number of hydrogen-bond acceptors (Lipinski definition) is 0. The summed E-state index contributed by atoms with van der Waals surface area (Å²) in [5.74, 6) is 0. The van der Waals surface area contributed by atoms with Gasteiger partial charge in [0.15, 0.2) is 0 Å². The molecule has 42 heavy (non-hydrogen) atoms. The quantitative estimate of drug-likeness (QED) is 0.209. The summed E-state index contributed by atoms with van der Waals surface area (Å²) in [6, 6.07) is 53.3. The Bertz CT molecular complexity index is 2650. The molecule has 7 aromatic carbocycles. The monoisotopic (exact) mass is 532 g/mol. The second-order valence-electron chi connectivity index (χ2n) is 11.3. The first-order valence-electron chi connectivity index (χ1n) is 14.5. The molecule has 10 rings (SSSR count). The summed E-state index contributed by atoms with van der Waals surface area (Å²) < 4.78 is 4.93. The molecule has 2 nitrogen and oxygen atoms in total. The lowest BCUT2D eigenvalue weighted by atomic mass is 10.00. The fourth-order valence-electron chi connectivity index (χ4n) is 7.50. The van der Waals surface area contributed by atoms with Gasteiger partial charge in [-0.25, -0.2) is 0 Å². The van der Waals surface area contributed by atoms with Crippen molar-refractivity contribution in [2.45, 2.75) is 0 Å². The fraction of sp³-hybridized carbons (Fsp3) is 0. The molecule has 0 saturated carbocycles. The first-order valence-corrected chi connectivity index (χ1v) is 14.5. The SMILES string of the molecule is c1ccc(-c2ccc(-n3c4ccccc4c4c5ccc6c7cccc8c9ccccc9n(c6c5ccc43)c87)cc2)cc1. The van der Waals surface area contributed by atoms with Crippen LogP contribution in [-0.2, 0) is 0 Å². The molecule has 0 N–H and O–H groups in total. The Balaban J connectivity index is 1.32. The number of nitrogens with zero attached hydrogens (tertiary/aromatic N) is 2. The van der Waals surface area contributed by atoms with Crippen LogP contribution in [0.3, 0.4) is 0 Å². The number of para-hydroxylation sites is 3. The molecule has 0 bridgehead atoms. The lowest BCUT2D eigenvalue weighted by molar-refractivity contribution is 1.18. The molecule has 3 heterocycles. The first-order chi connectivity index (χ1) is 20.9. The van der Waals surface area contributed by atoms with E-state index in [0.29, 0.717) is 0 Å². The topological polar surface area (TPSA) is 9.34 Å². The van der Waals surface area contributed by atoms with Crippen LogP contribution in [0, 0.1) is 0 Å². The number of hydrogen-bond donors (Lipinski definition) is 0. The zero-order chi connectivity index (χ0) is 27.4. The highest BCUT2D eigenvalue weighted by molar-refractivity contribution is 6.31. The normalized spacial score (nSPS) is 12.3. The highest BCUT2D eigenvalue weighted by atomic mass is 15.0. The van der Waals surface area contributed by atoms with Crippen LogP contribution in [0.4, 0.5) is 0 Å². The Kier molecular flexibility index (Phi) is 4.21. The molecule has 0 spiro atoms. The van der Waals surface area contributed by atoms with Crippen molar-refractivity contribution in [3.8, 4) is 16.8 Å². The van der Waals surface area contributed by atoms with Crippen molar-refractivity contribution in [1.82, 2.24) is 8.97 Å². The lowest BCUT2D eigenvalue weighted by Crippen LogP contribution is -1.93. The molecule has 2 heteroatoms. The molecule has 0 radical (unpaired) electrons. The summed E-state index contributed by atoms with van der Waals surface area (Å²) in [6.07, 6.45) is 0. The predicted octanol–water partition coefficient (Wildman–Crippen LogP) is 10.8. The molecule has 194 valence electrons. The molecule has 0 amide bonds. The minimum atomic E-state index is 1.17. The van der Waals surface area contributed by atoms with Crippen molar-refractivity contribution < 1.29 is 0 Å². The van der Waals surface area contributed by atoms with Gasteiger partial charge in [0.05, 0.1) is 27.6 Å². The van der Waals surface area contributed by atoms with Gasteiger partial charge >= 0.3 is 0 Å². The molecule has 0 aliphatic rings. The van der Waals surface area contributed by atoms with Crippen molar-refractivity contribution in [1.29, 1.82) is 0 Å². The van der Waals surface area contributed by atoms with E-state index in [9.17, 15) is 0 Å². The van der Waals surface area contributed by atoms with E-state index in [2.05, 4.69) is 155 Å². The lowest BCUT2D eigenvalue weighted by Gasteiger charge is -2.10. The van der Waals surface area contributed by atoms with Crippen molar-refractivity contribution in [3.05, 3.63) is 146 Å². The molecule has 3 aromatic heterocycles. The van der Waals surface area contributed by atoms with Crippen LogP contribution < -0.4 is 0 Å². The highest BCUT2D eigenvalue weighted by Gasteiger charge is 2.21. The maximum atomic E-state index is 2.50. The van der Waals surface area contributed by atoms with Gasteiger partial charge in [0.25, 0.3) is 0 Å². The summed E-state index contributed by atoms with van der Waals surface area (Å²) in [7, 11) is 0. The number of aromatic nitrogens is 2. The third kappa shape index (κ3) is 2.74. The molecule has 0 atom stereocenters. The molecule has 0 fully saturated rings. The summed E-state index contributed by atoms with van der Waals surface area (Å²) >= 11 is 0. The van der Waals surface area contributed by atoms with Crippen LogP contribution in [0.15, 0.2) is 146 Å². The molecule has 0 aliphatic heterocycles. The Morgan fingerprint density at radius 1 is 0.310 bits per heavy atom. The van der Waals surface area contributed by atoms with Gasteiger partial charge in [-0.05, 0) is 46.8 Å². The molecule has 0 unspecified atom stereocenters. The smallest absolute Gasteiger partial charge is 0.0620 e. The van der Waals surface area contributed by atoms with Crippen LogP contribution >= 0.6 is 0 Å². The van der Waals surface area contributed by atoms with Gasteiger partial charge in [-0.15, -0.1) is 0 Å². The third-order valence-corrected chi connectivity index (χ3v) is 9.25. The van der Waals surface area contributed by atoms with Crippen LogP contribution in [0.25, 0.3) is 87.5 Å². The molecule has 0 aliphatic carbocycles. The minimum absolute atomic E-state index is 1.17. The van der Waals surface area contributed by atoms with E-state index in [-0.39, 0.29) is 0 Å². The van der Waals surface area contributed by atoms with Gasteiger partial charge in [0, 0.05) is 43.4 Å². The van der Waals surface area contributed by atoms with Crippen LogP contribution in [0.5, 0.6) is 0 Å². The zero-order valence-electron chi connectivity index (χ0n) is 22.8. The van der Waals surface area contributed by atoms with Gasteiger partial charge in [-0.1, -0.05) is 115 Å². The molecular weight excluding hydrogens is 508 g/mol. The van der Waals surface area contributed by atoms with Gasteiger partial charge in [0.2, 0.25) is 0 Å².